The van der Waals surface area contributed by atoms with Gasteiger partial charge in [0.25, 0.3) is 5.22 Å². The number of nitrogens with zero attached hydrogens (tertiary/aromatic N) is 2. The Morgan fingerprint density at radius 2 is 2.17 bits per heavy atom. The molecule has 0 unspecified atom stereocenters. The number of carbonyl (C=O) groups excluding carboxylic acids is 1. The highest BCUT2D eigenvalue weighted by Crippen LogP contribution is 2.44. The largest absolute Gasteiger partial charge is 0.411 e. The molecule has 7 heteroatoms. The van der Waals surface area contributed by atoms with Crippen LogP contribution in [0.25, 0.3) is 11.5 Å². The smallest absolute Gasteiger partial charge is 0.277 e. The molecule has 2 aliphatic rings. The molecule has 1 amide bonds. The van der Waals surface area contributed by atoms with Crippen molar-refractivity contribution in [2.75, 3.05) is 5.75 Å². The summed E-state index contributed by atoms with van der Waals surface area (Å²) in [5.74, 6) is 2.20. The average molecular weight is 364 g/mol. The van der Waals surface area contributed by atoms with Crippen LogP contribution in [-0.4, -0.2) is 27.9 Å². The van der Waals surface area contributed by atoms with Crippen LogP contribution >= 0.6 is 23.4 Å². The summed E-state index contributed by atoms with van der Waals surface area (Å²) in [7, 11) is 0. The fourth-order valence-corrected chi connectivity index (χ4v) is 4.60. The van der Waals surface area contributed by atoms with Gasteiger partial charge in [0.2, 0.25) is 11.8 Å². The molecule has 1 N–H and O–H groups in total. The van der Waals surface area contributed by atoms with Crippen LogP contribution in [0.15, 0.2) is 33.9 Å². The van der Waals surface area contributed by atoms with Crippen molar-refractivity contribution in [3.63, 3.8) is 0 Å². The number of nitrogens with one attached hydrogen (secondary N) is 1. The molecule has 2 aliphatic carbocycles. The second-order valence-corrected chi connectivity index (χ2v) is 7.82. The number of halogens is 1. The molecule has 1 aromatic heterocycles. The van der Waals surface area contributed by atoms with Gasteiger partial charge in [0.15, 0.2) is 0 Å². The zero-order valence-corrected chi connectivity index (χ0v) is 14.6. The Bertz CT molecular complexity index is 751. The highest BCUT2D eigenvalue weighted by Gasteiger charge is 2.40. The Kier molecular flexibility index (Phi) is 4.50. The van der Waals surface area contributed by atoms with Gasteiger partial charge in [-0.2, -0.15) is 0 Å². The first-order valence-electron chi connectivity index (χ1n) is 8.19. The van der Waals surface area contributed by atoms with Crippen molar-refractivity contribution in [2.45, 2.75) is 36.9 Å². The topological polar surface area (TPSA) is 68.0 Å². The number of thioether (sulfide) groups is 1. The van der Waals surface area contributed by atoms with Crippen LogP contribution in [0.1, 0.15) is 25.7 Å². The van der Waals surface area contributed by atoms with Crippen LogP contribution in [0.4, 0.5) is 0 Å². The Hall–Kier alpha value is -1.53. The predicted octanol–water partition coefficient (Wildman–Crippen LogP) is 3.79. The first-order chi connectivity index (χ1) is 11.7. The van der Waals surface area contributed by atoms with E-state index < -0.39 is 0 Å². The SMILES string of the molecule is O=C(CSc1nnc(-c2ccccc2Cl)o1)N[C@H]1C[C@@H]2CC[C@@H]1C2. The molecule has 0 aliphatic heterocycles. The van der Waals surface area contributed by atoms with E-state index in [1.807, 2.05) is 18.2 Å². The van der Waals surface area contributed by atoms with Crippen molar-refractivity contribution in [1.82, 2.24) is 15.5 Å². The molecule has 2 saturated carbocycles. The van der Waals surface area contributed by atoms with Crippen LogP contribution < -0.4 is 5.32 Å². The summed E-state index contributed by atoms with van der Waals surface area (Å²) in [6.07, 6.45) is 5.01. The van der Waals surface area contributed by atoms with E-state index in [-0.39, 0.29) is 11.7 Å². The monoisotopic (exact) mass is 363 g/mol. The lowest BCUT2D eigenvalue weighted by Gasteiger charge is -2.22. The lowest BCUT2D eigenvalue weighted by Crippen LogP contribution is -2.39. The van der Waals surface area contributed by atoms with Gasteiger partial charge in [-0.1, -0.05) is 41.9 Å². The summed E-state index contributed by atoms with van der Waals surface area (Å²) in [6.45, 7) is 0. The average Bonchev–Trinajstić information content (AvgIpc) is 3.30. The van der Waals surface area contributed by atoms with Gasteiger partial charge >= 0.3 is 0 Å². The number of carbonyl (C=O) groups is 1. The molecule has 1 aromatic carbocycles. The molecule has 5 nitrogen and oxygen atoms in total. The van der Waals surface area contributed by atoms with Crippen LogP contribution in [0.5, 0.6) is 0 Å². The van der Waals surface area contributed by atoms with Crippen LogP contribution in [-0.2, 0) is 4.79 Å². The molecule has 4 rings (SSSR count). The van der Waals surface area contributed by atoms with Crippen molar-refractivity contribution < 1.29 is 9.21 Å². The van der Waals surface area contributed by atoms with Gasteiger partial charge in [-0.3, -0.25) is 4.79 Å². The van der Waals surface area contributed by atoms with E-state index in [0.717, 1.165) is 12.3 Å². The lowest BCUT2D eigenvalue weighted by molar-refractivity contribution is -0.119. The Morgan fingerprint density at radius 1 is 1.29 bits per heavy atom. The minimum Gasteiger partial charge on any atom is -0.411 e. The summed E-state index contributed by atoms with van der Waals surface area (Å²) in [5.41, 5.74) is 0.699. The summed E-state index contributed by atoms with van der Waals surface area (Å²) >= 11 is 7.38. The maximum absolute atomic E-state index is 12.1. The number of amides is 1. The fourth-order valence-electron chi connectivity index (χ4n) is 3.81. The summed E-state index contributed by atoms with van der Waals surface area (Å²) in [6, 6.07) is 7.67. The van der Waals surface area contributed by atoms with Crippen molar-refractivity contribution in [3.8, 4) is 11.5 Å². The minimum atomic E-state index is 0.0371. The molecular weight excluding hydrogens is 346 g/mol. The highest BCUT2D eigenvalue weighted by atomic mass is 35.5. The molecule has 2 bridgehead atoms. The summed E-state index contributed by atoms with van der Waals surface area (Å²) in [4.78, 5) is 12.1. The predicted molar refractivity (Wildman–Crippen MR) is 92.8 cm³/mol. The maximum Gasteiger partial charge on any atom is 0.277 e. The molecule has 2 aromatic rings. The third-order valence-corrected chi connectivity index (χ3v) is 6.07. The van der Waals surface area contributed by atoms with Gasteiger partial charge in [0.05, 0.1) is 16.3 Å². The van der Waals surface area contributed by atoms with Crippen LogP contribution in [0.2, 0.25) is 5.02 Å². The zero-order chi connectivity index (χ0) is 16.5. The first-order valence-corrected chi connectivity index (χ1v) is 9.56. The van der Waals surface area contributed by atoms with Crippen molar-refractivity contribution in [2.24, 2.45) is 11.8 Å². The van der Waals surface area contributed by atoms with Gasteiger partial charge in [0, 0.05) is 6.04 Å². The van der Waals surface area contributed by atoms with E-state index >= 15 is 0 Å². The lowest BCUT2D eigenvalue weighted by atomic mass is 9.95. The summed E-state index contributed by atoms with van der Waals surface area (Å²) < 4.78 is 5.60. The normalized spacial score (nSPS) is 25.1. The molecule has 1 heterocycles. The molecule has 126 valence electrons. The Labute approximate surface area is 149 Å². The molecular formula is C17H18ClN3O2S. The fraction of sp³-hybridized carbons (Fsp3) is 0.471. The molecule has 24 heavy (non-hydrogen) atoms. The first kappa shape index (κ1) is 16.0. The second-order valence-electron chi connectivity index (χ2n) is 6.49. The highest BCUT2D eigenvalue weighted by molar-refractivity contribution is 7.99. The van der Waals surface area contributed by atoms with E-state index in [2.05, 4.69) is 15.5 Å². The quantitative estimate of drug-likeness (QED) is 0.818. The van der Waals surface area contributed by atoms with Crippen molar-refractivity contribution in [3.05, 3.63) is 29.3 Å². The van der Waals surface area contributed by atoms with Gasteiger partial charge in [-0.05, 0) is 43.2 Å². The molecule has 0 spiro atoms. The number of hydrogen-bond donors (Lipinski definition) is 1. The van der Waals surface area contributed by atoms with Crippen molar-refractivity contribution in [1.29, 1.82) is 0 Å². The van der Waals surface area contributed by atoms with Gasteiger partial charge in [-0.25, -0.2) is 0 Å². The van der Waals surface area contributed by atoms with Gasteiger partial charge in [-0.15, -0.1) is 10.2 Å². The third-order valence-electron chi connectivity index (χ3n) is 4.92. The minimum absolute atomic E-state index is 0.0371. The Morgan fingerprint density at radius 3 is 2.92 bits per heavy atom. The van der Waals surface area contributed by atoms with Crippen molar-refractivity contribution >= 4 is 29.3 Å². The maximum atomic E-state index is 12.1. The number of rotatable bonds is 5. The number of hydrogen-bond acceptors (Lipinski definition) is 5. The zero-order valence-electron chi connectivity index (χ0n) is 13.1. The van der Waals surface area contributed by atoms with Gasteiger partial charge in [0.1, 0.15) is 0 Å². The van der Waals surface area contributed by atoms with Gasteiger partial charge < -0.3 is 9.73 Å². The third kappa shape index (κ3) is 3.30. The van der Waals surface area contributed by atoms with E-state index in [0.29, 0.717) is 33.7 Å². The summed E-state index contributed by atoms with van der Waals surface area (Å²) in [5, 5.41) is 12.1. The number of benzene rings is 1. The molecule has 0 radical (unpaired) electrons. The molecule has 0 saturated heterocycles. The molecule has 3 atom stereocenters. The van der Waals surface area contributed by atoms with E-state index in [1.54, 1.807) is 6.07 Å². The van der Waals surface area contributed by atoms with E-state index in [1.165, 1.54) is 31.0 Å². The number of fused-ring (bicyclic) bond motifs is 2. The Balaban J connectivity index is 1.32. The molecule has 2 fully saturated rings. The van der Waals surface area contributed by atoms with E-state index in [9.17, 15) is 4.79 Å². The van der Waals surface area contributed by atoms with Crippen LogP contribution in [0, 0.1) is 11.8 Å². The number of aromatic nitrogens is 2. The standard InChI is InChI=1S/C17H18ClN3O2S/c18-13-4-2-1-3-12(13)16-20-21-17(23-16)24-9-15(22)19-14-8-10-5-6-11(14)7-10/h1-4,10-11,14H,5-9H2,(H,19,22)/t10-,11-,14+/m1/s1. The second kappa shape index (κ2) is 6.76. The van der Waals surface area contributed by atoms with E-state index in [4.69, 9.17) is 16.0 Å². The van der Waals surface area contributed by atoms with Crippen LogP contribution in [0.3, 0.4) is 0 Å².